The van der Waals surface area contributed by atoms with Crippen molar-refractivity contribution < 1.29 is 0 Å². The van der Waals surface area contributed by atoms with Crippen LogP contribution in [-0.4, -0.2) is 4.57 Å². The summed E-state index contributed by atoms with van der Waals surface area (Å²) in [4.78, 5) is 0. The average molecular weight is 444 g/mol. The van der Waals surface area contributed by atoms with Gasteiger partial charge in [-0.1, -0.05) is 115 Å². The molecule has 8 aromatic rings. The van der Waals surface area contributed by atoms with E-state index < -0.39 is 0 Å². The summed E-state index contributed by atoms with van der Waals surface area (Å²) in [6, 6.07) is 46.5. The smallest absolute Gasteiger partial charge is 0.0626 e. The number of fused-ring (bicyclic) bond motifs is 11. The minimum atomic E-state index is 1.22. The van der Waals surface area contributed by atoms with Crippen LogP contribution in [0, 0.1) is 0 Å². The molecule has 0 saturated heterocycles. The van der Waals surface area contributed by atoms with Crippen molar-refractivity contribution in [3.8, 4) is 5.69 Å². The topological polar surface area (TPSA) is 4.93 Å². The lowest BCUT2D eigenvalue weighted by molar-refractivity contribution is 1.20. The highest BCUT2D eigenvalue weighted by Crippen LogP contribution is 2.45. The van der Waals surface area contributed by atoms with Gasteiger partial charge >= 0.3 is 0 Å². The Morgan fingerprint density at radius 2 is 0.943 bits per heavy atom. The maximum atomic E-state index is 2.50. The summed E-state index contributed by atoms with van der Waals surface area (Å²) < 4.78 is 2.50. The van der Waals surface area contributed by atoms with E-state index in [9.17, 15) is 0 Å². The lowest BCUT2D eigenvalue weighted by atomic mass is 9.93. The summed E-state index contributed by atoms with van der Waals surface area (Å²) in [5.41, 5.74) is 3.74. The molecule has 0 radical (unpaired) electrons. The molecule has 0 saturated carbocycles. The van der Waals surface area contributed by atoms with Crippen LogP contribution in [-0.2, 0) is 0 Å². The lowest BCUT2D eigenvalue weighted by Crippen LogP contribution is -1.96. The van der Waals surface area contributed by atoms with Gasteiger partial charge in [-0.05, 0) is 39.1 Å². The molecule has 0 aliphatic rings. The maximum Gasteiger partial charge on any atom is 0.0626 e. The van der Waals surface area contributed by atoms with Gasteiger partial charge in [0.2, 0.25) is 0 Å². The van der Waals surface area contributed by atoms with E-state index in [1.165, 1.54) is 70.6 Å². The van der Waals surface area contributed by atoms with Crippen LogP contribution in [0.4, 0.5) is 0 Å². The molecule has 1 heterocycles. The molecule has 0 unspecified atom stereocenters. The fraction of sp³-hybridized carbons (Fsp3) is 0. The van der Waals surface area contributed by atoms with Crippen LogP contribution in [0.1, 0.15) is 0 Å². The van der Waals surface area contributed by atoms with Crippen molar-refractivity contribution in [3.05, 3.63) is 127 Å². The summed E-state index contributed by atoms with van der Waals surface area (Å²) in [5.74, 6) is 0. The van der Waals surface area contributed by atoms with Crippen molar-refractivity contribution in [1.82, 2.24) is 4.57 Å². The Morgan fingerprint density at radius 3 is 1.77 bits per heavy atom. The van der Waals surface area contributed by atoms with Gasteiger partial charge in [0.25, 0.3) is 0 Å². The molecule has 0 amide bonds. The van der Waals surface area contributed by atoms with Crippen molar-refractivity contribution >= 4 is 64.9 Å². The first-order valence-corrected chi connectivity index (χ1v) is 12.1. The third-order valence-electron chi connectivity index (χ3n) is 7.53. The number of nitrogens with zero attached hydrogens (tertiary/aromatic N) is 1. The average Bonchev–Trinajstić information content (AvgIpc) is 3.28. The summed E-state index contributed by atoms with van der Waals surface area (Å²) in [6.07, 6.45) is 0. The maximum absolute atomic E-state index is 2.50. The van der Waals surface area contributed by atoms with Gasteiger partial charge in [-0.2, -0.15) is 0 Å². The molecule has 1 nitrogen and oxygen atoms in total. The molecule has 0 aliphatic heterocycles. The van der Waals surface area contributed by atoms with Crippen LogP contribution in [0.3, 0.4) is 0 Å². The van der Waals surface area contributed by atoms with Gasteiger partial charge in [0.1, 0.15) is 0 Å². The number of rotatable bonds is 1. The zero-order chi connectivity index (χ0) is 22.9. The molecule has 35 heavy (non-hydrogen) atoms. The Kier molecular flexibility index (Phi) is 3.72. The summed E-state index contributed by atoms with van der Waals surface area (Å²) in [5, 5.41) is 13.0. The van der Waals surface area contributed by atoms with Gasteiger partial charge in [-0.15, -0.1) is 0 Å². The Hall–Kier alpha value is -4.62. The zero-order valence-corrected chi connectivity index (χ0v) is 19.1. The van der Waals surface area contributed by atoms with Crippen LogP contribution in [0.15, 0.2) is 127 Å². The minimum absolute atomic E-state index is 1.22. The van der Waals surface area contributed by atoms with Gasteiger partial charge in [0.05, 0.1) is 16.7 Å². The third kappa shape index (κ3) is 2.47. The largest absolute Gasteiger partial charge is 0.308 e. The number of hydrogen-bond donors (Lipinski definition) is 0. The molecular weight excluding hydrogens is 422 g/mol. The van der Waals surface area contributed by atoms with Crippen molar-refractivity contribution in [2.75, 3.05) is 0 Å². The van der Waals surface area contributed by atoms with E-state index in [2.05, 4.69) is 132 Å². The summed E-state index contributed by atoms with van der Waals surface area (Å²) in [7, 11) is 0. The van der Waals surface area contributed by atoms with Crippen molar-refractivity contribution in [2.24, 2.45) is 0 Å². The molecule has 0 N–H and O–H groups in total. The van der Waals surface area contributed by atoms with Crippen molar-refractivity contribution in [3.63, 3.8) is 0 Å². The van der Waals surface area contributed by atoms with Gasteiger partial charge in [0.15, 0.2) is 0 Å². The van der Waals surface area contributed by atoms with E-state index in [1.54, 1.807) is 0 Å². The highest BCUT2D eigenvalue weighted by molar-refractivity contribution is 6.37. The van der Waals surface area contributed by atoms with Gasteiger partial charge in [-0.25, -0.2) is 0 Å². The number of aromatic nitrogens is 1. The summed E-state index contributed by atoms with van der Waals surface area (Å²) in [6.45, 7) is 0. The molecule has 1 aromatic heterocycles. The molecule has 0 aliphatic carbocycles. The molecule has 7 aromatic carbocycles. The quantitative estimate of drug-likeness (QED) is 0.223. The Bertz CT molecular complexity index is 2100. The Labute approximate surface area is 202 Å². The van der Waals surface area contributed by atoms with E-state index in [0.29, 0.717) is 0 Å². The van der Waals surface area contributed by atoms with Gasteiger partial charge in [-0.3, -0.25) is 0 Å². The standard InChI is InChI=1S/C34H21N/c1-3-13-24-22(10-1)12-9-19-30(24)35-31-18-8-7-17-29(31)33-32-25-14-4-2-11-23(25)20-21-27(32)26-15-5-6-16-28(26)34(33)35/h1-21H. The second-order valence-corrected chi connectivity index (χ2v) is 9.33. The van der Waals surface area contributed by atoms with E-state index in [0.717, 1.165) is 0 Å². The predicted octanol–water partition coefficient (Wildman–Crippen LogP) is 9.40. The molecule has 8 rings (SSSR count). The van der Waals surface area contributed by atoms with E-state index in [1.807, 2.05) is 0 Å². The van der Waals surface area contributed by atoms with Gasteiger partial charge < -0.3 is 4.57 Å². The Morgan fingerprint density at radius 1 is 0.343 bits per heavy atom. The van der Waals surface area contributed by atoms with Crippen molar-refractivity contribution in [2.45, 2.75) is 0 Å². The van der Waals surface area contributed by atoms with Crippen LogP contribution < -0.4 is 0 Å². The first kappa shape index (κ1) is 18.8. The molecule has 162 valence electrons. The number of hydrogen-bond acceptors (Lipinski definition) is 0. The third-order valence-corrected chi connectivity index (χ3v) is 7.53. The summed E-state index contributed by atoms with van der Waals surface area (Å²) >= 11 is 0. The second kappa shape index (κ2) is 6.94. The SMILES string of the molecule is c1ccc2c(-n3c4ccccc4c4c5c6ccccc6ccc5c5ccccc5c43)cccc2c1. The first-order valence-electron chi connectivity index (χ1n) is 12.1. The van der Waals surface area contributed by atoms with Gasteiger partial charge in [0, 0.05) is 26.9 Å². The van der Waals surface area contributed by atoms with Crippen LogP contribution in [0.25, 0.3) is 70.6 Å². The second-order valence-electron chi connectivity index (χ2n) is 9.33. The molecule has 0 spiro atoms. The number of benzene rings is 7. The molecule has 0 fully saturated rings. The highest BCUT2D eigenvalue weighted by atomic mass is 15.0. The first-order chi connectivity index (χ1) is 17.4. The lowest BCUT2D eigenvalue weighted by Gasteiger charge is -2.15. The van der Waals surface area contributed by atoms with Crippen molar-refractivity contribution in [1.29, 1.82) is 0 Å². The van der Waals surface area contributed by atoms with E-state index in [-0.39, 0.29) is 0 Å². The fourth-order valence-electron chi connectivity index (χ4n) is 6.09. The molecule has 0 bridgehead atoms. The number of para-hydroxylation sites is 1. The van der Waals surface area contributed by atoms with Crippen LogP contribution in [0.5, 0.6) is 0 Å². The molecule has 0 atom stereocenters. The van der Waals surface area contributed by atoms with Crippen LogP contribution in [0.2, 0.25) is 0 Å². The zero-order valence-electron chi connectivity index (χ0n) is 19.1. The normalized spacial score (nSPS) is 12.0. The Balaban J connectivity index is 1.75. The molecular formula is C34H21N. The highest BCUT2D eigenvalue weighted by Gasteiger charge is 2.20. The van der Waals surface area contributed by atoms with E-state index >= 15 is 0 Å². The molecule has 1 heteroatoms. The monoisotopic (exact) mass is 443 g/mol. The van der Waals surface area contributed by atoms with Crippen LogP contribution >= 0.6 is 0 Å². The predicted molar refractivity (Wildman–Crippen MR) is 151 cm³/mol. The van der Waals surface area contributed by atoms with E-state index in [4.69, 9.17) is 0 Å². The minimum Gasteiger partial charge on any atom is -0.308 e. The fourth-order valence-corrected chi connectivity index (χ4v) is 6.09.